The van der Waals surface area contributed by atoms with E-state index in [1.54, 1.807) is 13.8 Å². The third-order valence-corrected chi connectivity index (χ3v) is 2.38. The Labute approximate surface area is 99.2 Å². The lowest BCUT2D eigenvalue weighted by molar-refractivity contribution is -0.143. The van der Waals surface area contributed by atoms with Crippen molar-refractivity contribution in [3.63, 3.8) is 0 Å². The van der Waals surface area contributed by atoms with Gasteiger partial charge in [0.05, 0.1) is 17.6 Å². The molecule has 0 saturated carbocycles. The molecule has 0 aliphatic carbocycles. The van der Waals surface area contributed by atoms with E-state index in [9.17, 15) is 4.79 Å². The van der Waals surface area contributed by atoms with Gasteiger partial charge in [-0.1, -0.05) is 12.1 Å². The molecule has 0 spiro atoms. The van der Waals surface area contributed by atoms with Crippen LogP contribution >= 0.6 is 0 Å². The van der Waals surface area contributed by atoms with E-state index in [1.807, 2.05) is 24.3 Å². The monoisotopic (exact) mass is 233 g/mol. The van der Waals surface area contributed by atoms with Crippen LogP contribution < -0.4 is 5.32 Å². The molecule has 2 N–H and O–H groups in total. The van der Waals surface area contributed by atoms with E-state index in [-0.39, 0.29) is 5.97 Å². The second-order valence-electron chi connectivity index (χ2n) is 3.72. The molecule has 0 radical (unpaired) electrons. The predicted octanol–water partition coefficient (Wildman–Crippen LogP) is 1.93. The number of carbonyl (C=O) groups excluding carboxylic acids is 1. The Morgan fingerprint density at radius 3 is 3.00 bits per heavy atom. The van der Waals surface area contributed by atoms with Gasteiger partial charge in [-0.15, -0.1) is 0 Å². The molecular weight excluding hydrogens is 218 g/mol. The molecule has 5 nitrogen and oxygen atoms in total. The Morgan fingerprint density at radius 1 is 1.53 bits per heavy atom. The molecule has 2 aromatic rings. The average Bonchev–Trinajstić information content (AvgIpc) is 2.71. The Morgan fingerprint density at radius 2 is 2.29 bits per heavy atom. The van der Waals surface area contributed by atoms with E-state index < -0.39 is 6.04 Å². The van der Waals surface area contributed by atoms with E-state index in [0.29, 0.717) is 12.6 Å². The van der Waals surface area contributed by atoms with Crippen LogP contribution in [0.15, 0.2) is 24.3 Å². The number of nitrogens with zero attached hydrogens (tertiary/aromatic N) is 1. The van der Waals surface area contributed by atoms with Crippen molar-refractivity contribution in [2.24, 2.45) is 0 Å². The van der Waals surface area contributed by atoms with Gasteiger partial charge in [0.25, 0.3) is 0 Å². The number of anilines is 1. The number of benzene rings is 1. The highest BCUT2D eigenvalue weighted by atomic mass is 16.5. The highest BCUT2D eigenvalue weighted by Gasteiger charge is 2.14. The molecule has 0 saturated heterocycles. The van der Waals surface area contributed by atoms with Crippen molar-refractivity contribution in [1.29, 1.82) is 0 Å². The number of hydrogen-bond acceptors (Lipinski definition) is 4. The lowest BCUT2D eigenvalue weighted by Crippen LogP contribution is -2.28. The highest BCUT2D eigenvalue weighted by molar-refractivity contribution is 5.80. The number of rotatable bonds is 4. The topological polar surface area (TPSA) is 67.0 Å². The first-order valence-electron chi connectivity index (χ1n) is 5.58. The summed E-state index contributed by atoms with van der Waals surface area (Å²) in [6, 6.07) is 7.27. The molecule has 0 amide bonds. The molecule has 0 fully saturated rings. The van der Waals surface area contributed by atoms with E-state index in [2.05, 4.69) is 15.3 Å². The predicted molar refractivity (Wildman–Crippen MR) is 65.8 cm³/mol. The van der Waals surface area contributed by atoms with Gasteiger partial charge in [0, 0.05) is 0 Å². The minimum Gasteiger partial charge on any atom is -0.464 e. The van der Waals surface area contributed by atoms with Gasteiger partial charge < -0.3 is 15.0 Å². The number of aromatic nitrogens is 2. The van der Waals surface area contributed by atoms with Crippen LogP contribution in [0.1, 0.15) is 13.8 Å². The van der Waals surface area contributed by atoms with Crippen molar-refractivity contribution < 1.29 is 9.53 Å². The van der Waals surface area contributed by atoms with Crippen molar-refractivity contribution in [2.45, 2.75) is 19.9 Å². The Bertz CT molecular complexity index is 488. The zero-order chi connectivity index (χ0) is 12.3. The maximum Gasteiger partial charge on any atom is 0.328 e. The Hall–Kier alpha value is -2.04. The maximum absolute atomic E-state index is 11.4. The van der Waals surface area contributed by atoms with E-state index in [1.165, 1.54) is 0 Å². The molecule has 1 atom stereocenters. The molecule has 5 heteroatoms. The quantitative estimate of drug-likeness (QED) is 0.792. The fraction of sp³-hybridized carbons (Fsp3) is 0.333. The summed E-state index contributed by atoms with van der Waals surface area (Å²) in [6.07, 6.45) is 0. The third-order valence-electron chi connectivity index (χ3n) is 2.38. The fourth-order valence-electron chi connectivity index (χ4n) is 1.55. The van der Waals surface area contributed by atoms with Crippen LogP contribution in [0.5, 0.6) is 0 Å². The van der Waals surface area contributed by atoms with Crippen LogP contribution in [0, 0.1) is 0 Å². The van der Waals surface area contributed by atoms with Gasteiger partial charge in [-0.3, -0.25) is 0 Å². The maximum atomic E-state index is 11.4. The minimum atomic E-state index is -0.421. The zero-order valence-electron chi connectivity index (χ0n) is 9.86. The summed E-state index contributed by atoms with van der Waals surface area (Å²) in [5.74, 6) is 0.291. The number of ether oxygens (including phenoxy) is 1. The lowest BCUT2D eigenvalue weighted by atomic mass is 10.3. The molecule has 0 aliphatic rings. The summed E-state index contributed by atoms with van der Waals surface area (Å²) in [5.41, 5.74) is 1.80. The number of para-hydroxylation sites is 2. The molecule has 1 heterocycles. The molecule has 1 aromatic heterocycles. The lowest BCUT2D eigenvalue weighted by Gasteiger charge is -2.10. The van der Waals surface area contributed by atoms with E-state index >= 15 is 0 Å². The summed E-state index contributed by atoms with van der Waals surface area (Å²) in [4.78, 5) is 18.9. The number of nitrogens with one attached hydrogen (secondary N) is 2. The minimum absolute atomic E-state index is 0.284. The van der Waals surface area contributed by atoms with Crippen molar-refractivity contribution >= 4 is 23.0 Å². The van der Waals surface area contributed by atoms with Crippen molar-refractivity contribution in [3.8, 4) is 0 Å². The van der Waals surface area contributed by atoms with Gasteiger partial charge >= 0.3 is 5.97 Å². The standard InChI is InChI=1S/C12H15N3O2/c1-3-17-11(16)8(2)13-12-14-9-6-4-5-7-10(9)15-12/h4-8H,3H2,1-2H3,(H2,13,14,15). The Kier molecular flexibility index (Phi) is 3.27. The Balaban J connectivity index is 2.10. The van der Waals surface area contributed by atoms with Crippen LogP contribution in [0.4, 0.5) is 5.95 Å². The van der Waals surface area contributed by atoms with Crippen LogP contribution in [0.25, 0.3) is 11.0 Å². The van der Waals surface area contributed by atoms with Crippen molar-refractivity contribution in [2.75, 3.05) is 11.9 Å². The van der Waals surface area contributed by atoms with Crippen LogP contribution in [0.3, 0.4) is 0 Å². The summed E-state index contributed by atoms with van der Waals surface area (Å²) in [5, 5.41) is 2.97. The number of fused-ring (bicyclic) bond motifs is 1. The molecule has 90 valence electrons. The van der Waals surface area contributed by atoms with Gasteiger partial charge in [-0.2, -0.15) is 0 Å². The fourth-order valence-corrected chi connectivity index (χ4v) is 1.55. The molecule has 0 bridgehead atoms. The summed E-state index contributed by atoms with van der Waals surface area (Å²) < 4.78 is 4.91. The third kappa shape index (κ3) is 2.55. The second kappa shape index (κ2) is 4.86. The normalized spacial score (nSPS) is 12.4. The summed E-state index contributed by atoms with van der Waals surface area (Å²) >= 11 is 0. The molecule has 17 heavy (non-hydrogen) atoms. The van der Waals surface area contributed by atoms with Gasteiger partial charge in [-0.05, 0) is 26.0 Å². The van der Waals surface area contributed by atoms with Gasteiger partial charge in [0.1, 0.15) is 6.04 Å². The van der Waals surface area contributed by atoms with Crippen molar-refractivity contribution in [1.82, 2.24) is 9.97 Å². The highest BCUT2D eigenvalue weighted by Crippen LogP contribution is 2.13. The van der Waals surface area contributed by atoms with Crippen LogP contribution in [-0.4, -0.2) is 28.6 Å². The van der Waals surface area contributed by atoms with E-state index in [0.717, 1.165) is 11.0 Å². The molecule has 2 rings (SSSR count). The van der Waals surface area contributed by atoms with Gasteiger partial charge in [-0.25, -0.2) is 9.78 Å². The molecule has 0 aliphatic heterocycles. The number of carbonyl (C=O) groups is 1. The first-order valence-corrected chi connectivity index (χ1v) is 5.58. The molecular formula is C12H15N3O2. The second-order valence-corrected chi connectivity index (χ2v) is 3.72. The number of hydrogen-bond donors (Lipinski definition) is 2. The van der Waals surface area contributed by atoms with Crippen LogP contribution in [0.2, 0.25) is 0 Å². The zero-order valence-corrected chi connectivity index (χ0v) is 9.86. The molecule has 1 unspecified atom stereocenters. The SMILES string of the molecule is CCOC(=O)C(C)Nc1nc2ccccc2[nH]1. The van der Waals surface area contributed by atoms with E-state index in [4.69, 9.17) is 4.74 Å². The summed E-state index contributed by atoms with van der Waals surface area (Å²) in [6.45, 7) is 3.90. The van der Waals surface area contributed by atoms with Gasteiger partial charge in [0.2, 0.25) is 5.95 Å². The average molecular weight is 233 g/mol. The molecule has 1 aromatic carbocycles. The number of esters is 1. The first kappa shape index (κ1) is 11.4. The summed E-state index contributed by atoms with van der Waals surface area (Å²) in [7, 11) is 0. The number of imidazole rings is 1. The first-order chi connectivity index (χ1) is 8.20. The van der Waals surface area contributed by atoms with Crippen molar-refractivity contribution in [3.05, 3.63) is 24.3 Å². The smallest absolute Gasteiger partial charge is 0.328 e. The number of H-pyrrole nitrogens is 1. The number of aromatic amines is 1. The largest absolute Gasteiger partial charge is 0.464 e. The van der Waals surface area contributed by atoms with Gasteiger partial charge in [0.15, 0.2) is 0 Å². The van der Waals surface area contributed by atoms with Crippen LogP contribution in [-0.2, 0) is 9.53 Å².